The molecule has 0 bridgehead atoms. The third kappa shape index (κ3) is 3.63. The lowest BCUT2D eigenvalue weighted by Crippen LogP contribution is -2.35. The second kappa shape index (κ2) is 6.45. The Morgan fingerprint density at radius 1 is 1.32 bits per heavy atom. The van der Waals surface area contributed by atoms with Gasteiger partial charge in [-0.15, -0.1) is 0 Å². The van der Waals surface area contributed by atoms with Crippen molar-refractivity contribution in [2.45, 2.75) is 32.7 Å². The fourth-order valence-electron chi connectivity index (χ4n) is 2.11. The van der Waals surface area contributed by atoms with Crippen molar-refractivity contribution in [1.82, 2.24) is 4.90 Å². The molecule has 1 aromatic carbocycles. The number of rotatable bonds is 5. The first-order chi connectivity index (χ1) is 8.88. The van der Waals surface area contributed by atoms with E-state index >= 15 is 0 Å². The first-order valence-corrected chi connectivity index (χ1v) is 6.72. The van der Waals surface area contributed by atoms with Crippen LogP contribution < -0.4 is 10.6 Å². The summed E-state index contributed by atoms with van der Waals surface area (Å²) in [4.78, 5) is 16.1. The van der Waals surface area contributed by atoms with Crippen molar-refractivity contribution in [1.29, 1.82) is 0 Å². The number of anilines is 2. The minimum absolute atomic E-state index is 0.0259. The normalized spacial score (nSPS) is 12.1. The average molecular weight is 263 g/mol. The van der Waals surface area contributed by atoms with Crippen LogP contribution in [0.2, 0.25) is 0 Å². The third-order valence-electron chi connectivity index (χ3n) is 3.44. The van der Waals surface area contributed by atoms with Gasteiger partial charge in [-0.05, 0) is 31.5 Å². The molecule has 1 aromatic rings. The van der Waals surface area contributed by atoms with Gasteiger partial charge in [0.1, 0.15) is 0 Å². The zero-order chi connectivity index (χ0) is 14.6. The predicted octanol–water partition coefficient (Wildman–Crippen LogP) is 2.60. The Morgan fingerprint density at radius 2 is 1.95 bits per heavy atom. The first-order valence-electron chi connectivity index (χ1n) is 6.72. The van der Waals surface area contributed by atoms with Crippen LogP contribution in [0.25, 0.3) is 0 Å². The second-order valence-corrected chi connectivity index (χ2v) is 5.22. The minimum atomic E-state index is 0.0259. The highest BCUT2D eigenvalue weighted by Gasteiger charge is 2.17. The van der Waals surface area contributed by atoms with Crippen molar-refractivity contribution in [2.75, 3.05) is 31.8 Å². The molecule has 0 spiro atoms. The summed E-state index contributed by atoms with van der Waals surface area (Å²) < 4.78 is 0. The lowest BCUT2D eigenvalue weighted by Gasteiger charge is -2.25. The molecule has 0 aromatic heterocycles. The van der Waals surface area contributed by atoms with Crippen LogP contribution in [0.15, 0.2) is 18.2 Å². The molecule has 1 unspecified atom stereocenters. The minimum Gasteiger partial charge on any atom is -0.397 e. The van der Waals surface area contributed by atoms with Gasteiger partial charge in [0.05, 0.1) is 11.4 Å². The lowest BCUT2D eigenvalue weighted by molar-refractivity contribution is 0.0737. The van der Waals surface area contributed by atoms with Crippen molar-refractivity contribution >= 4 is 17.3 Å². The van der Waals surface area contributed by atoms with E-state index in [0.29, 0.717) is 11.3 Å². The Balaban J connectivity index is 2.92. The molecular weight excluding hydrogens is 238 g/mol. The Morgan fingerprint density at radius 3 is 2.42 bits per heavy atom. The quantitative estimate of drug-likeness (QED) is 0.831. The average Bonchev–Trinajstić information content (AvgIpc) is 2.36. The molecular formula is C15H25N3O. The number of amides is 1. The number of nitrogens with zero attached hydrogens (tertiary/aromatic N) is 2. The molecule has 19 heavy (non-hydrogen) atoms. The maximum Gasteiger partial charge on any atom is 0.253 e. The van der Waals surface area contributed by atoms with Gasteiger partial charge in [0.25, 0.3) is 5.91 Å². The molecule has 0 aliphatic heterocycles. The van der Waals surface area contributed by atoms with Gasteiger partial charge in [-0.2, -0.15) is 0 Å². The summed E-state index contributed by atoms with van der Waals surface area (Å²) in [6, 6.07) is 5.73. The van der Waals surface area contributed by atoms with E-state index < -0.39 is 0 Å². The monoisotopic (exact) mass is 263 g/mol. The van der Waals surface area contributed by atoms with Gasteiger partial charge in [0.15, 0.2) is 0 Å². The number of nitrogen functional groups attached to an aromatic ring is 1. The smallest absolute Gasteiger partial charge is 0.253 e. The van der Waals surface area contributed by atoms with E-state index in [1.165, 1.54) is 0 Å². The molecule has 1 rings (SSSR count). The summed E-state index contributed by atoms with van der Waals surface area (Å²) in [6.45, 7) is 4.19. The van der Waals surface area contributed by atoms with Crippen molar-refractivity contribution in [3.05, 3.63) is 23.8 Å². The number of hydrogen-bond acceptors (Lipinski definition) is 3. The summed E-state index contributed by atoms with van der Waals surface area (Å²) in [5.74, 6) is 0.0259. The van der Waals surface area contributed by atoms with Crippen molar-refractivity contribution in [2.24, 2.45) is 0 Å². The predicted molar refractivity (Wildman–Crippen MR) is 81.6 cm³/mol. The molecule has 106 valence electrons. The third-order valence-corrected chi connectivity index (χ3v) is 3.44. The van der Waals surface area contributed by atoms with Gasteiger partial charge in [0.2, 0.25) is 0 Å². The van der Waals surface area contributed by atoms with E-state index in [1.807, 2.05) is 38.2 Å². The maximum atomic E-state index is 12.4. The van der Waals surface area contributed by atoms with Gasteiger partial charge in [-0.25, -0.2) is 0 Å². The van der Waals surface area contributed by atoms with Crippen LogP contribution in [0.1, 0.15) is 37.0 Å². The Labute approximate surface area is 116 Å². The molecule has 0 heterocycles. The highest BCUT2D eigenvalue weighted by Crippen LogP contribution is 2.23. The largest absolute Gasteiger partial charge is 0.397 e. The fraction of sp³-hybridized carbons (Fsp3) is 0.533. The molecule has 4 heteroatoms. The molecule has 0 saturated heterocycles. The standard InChI is InChI=1S/C15H25N3O/c1-6-7-11(2)18(5)15(19)12-8-9-14(17(3)4)13(16)10-12/h8-11H,6-7,16H2,1-5H3. The van der Waals surface area contributed by atoms with Crippen LogP contribution in [-0.2, 0) is 0 Å². The van der Waals surface area contributed by atoms with Gasteiger partial charge >= 0.3 is 0 Å². The van der Waals surface area contributed by atoms with E-state index in [9.17, 15) is 4.79 Å². The van der Waals surface area contributed by atoms with Crippen molar-refractivity contribution in [3.63, 3.8) is 0 Å². The summed E-state index contributed by atoms with van der Waals surface area (Å²) >= 11 is 0. The summed E-state index contributed by atoms with van der Waals surface area (Å²) in [6.07, 6.45) is 2.08. The molecule has 2 N–H and O–H groups in total. The Bertz CT molecular complexity index is 443. The van der Waals surface area contributed by atoms with Crippen LogP contribution in [0.4, 0.5) is 11.4 Å². The summed E-state index contributed by atoms with van der Waals surface area (Å²) in [7, 11) is 5.71. The van der Waals surface area contributed by atoms with Crippen LogP contribution in [0.3, 0.4) is 0 Å². The van der Waals surface area contributed by atoms with Gasteiger partial charge in [-0.3, -0.25) is 4.79 Å². The Kier molecular flexibility index (Phi) is 5.21. The van der Waals surface area contributed by atoms with Crippen molar-refractivity contribution < 1.29 is 4.79 Å². The van der Waals surface area contributed by atoms with E-state index in [4.69, 9.17) is 5.73 Å². The van der Waals surface area contributed by atoms with Crippen LogP contribution in [0, 0.1) is 0 Å². The van der Waals surface area contributed by atoms with E-state index in [0.717, 1.165) is 18.5 Å². The lowest BCUT2D eigenvalue weighted by atomic mass is 10.1. The SMILES string of the molecule is CCCC(C)N(C)C(=O)c1ccc(N(C)C)c(N)c1. The molecule has 0 radical (unpaired) electrons. The van der Waals surface area contributed by atoms with Gasteiger partial charge in [0, 0.05) is 32.7 Å². The van der Waals surface area contributed by atoms with E-state index in [1.54, 1.807) is 11.0 Å². The summed E-state index contributed by atoms with van der Waals surface area (Å²) in [5, 5.41) is 0. The number of nitrogens with two attached hydrogens (primary N) is 1. The maximum absolute atomic E-state index is 12.4. The summed E-state index contributed by atoms with van der Waals surface area (Å²) in [5.41, 5.74) is 8.19. The second-order valence-electron chi connectivity index (χ2n) is 5.22. The van der Waals surface area contributed by atoms with Gasteiger partial charge < -0.3 is 15.5 Å². The fourth-order valence-corrected chi connectivity index (χ4v) is 2.11. The van der Waals surface area contributed by atoms with Crippen LogP contribution in [-0.4, -0.2) is 38.0 Å². The molecule has 0 saturated carbocycles. The number of hydrogen-bond donors (Lipinski definition) is 1. The number of benzene rings is 1. The van der Waals surface area contributed by atoms with Gasteiger partial charge in [-0.1, -0.05) is 13.3 Å². The van der Waals surface area contributed by atoms with Crippen LogP contribution in [0.5, 0.6) is 0 Å². The zero-order valence-electron chi connectivity index (χ0n) is 12.6. The van der Waals surface area contributed by atoms with E-state index in [2.05, 4.69) is 13.8 Å². The number of carbonyl (C=O) groups is 1. The molecule has 1 atom stereocenters. The molecule has 1 amide bonds. The van der Waals surface area contributed by atoms with Crippen LogP contribution >= 0.6 is 0 Å². The topological polar surface area (TPSA) is 49.6 Å². The molecule has 0 aliphatic rings. The molecule has 0 fully saturated rings. The highest BCUT2D eigenvalue weighted by molar-refractivity contribution is 5.96. The Hall–Kier alpha value is -1.71. The zero-order valence-corrected chi connectivity index (χ0v) is 12.6. The number of carbonyl (C=O) groups excluding carboxylic acids is 1. The van der Waals surface area contributed by atoms with Crippen molar-refractivity contribution in [3.8, 4) is 0 Å². The molecule has 4 nitrogen and oxygen atoms in total. The highest BCUT2D eigenvalue weighted by atomic mass is 16.2. The first kappa shape index (κ1) is 15.3. The van der Waals surface area contributed by atoms with E-state index in [-0.39, 0.29) is 11.9 Å². The molecule has 0 aliphatic carbocycles.